The zero-order chi connectivity index (χ0) is 16.2. The molecular weight excluding hydrogens is 298 g/mol. The second kappa shape index (κ2) is 6.89. The van der Waals surface area contributed by atoms with Gasteiger partial charge in [-0.2, -0.15) is 13.2 Å². The molecule has 7 heteroatoms. The Hall–Kier alpha value is -1.92. The van der Waals surface area contributed by atoms with E-state index < -0.39 is 17.8 Å². The van der Waals surface area contributed by atoms with E-state index in [4.69, 9.17) is 0 Å². The van der Waals surface area contributed by atoms with Gasteiger partial charge in [-0.1, -0.05) is 26.2 Å². The molecule has 1 aromatic carbocycles. The minimum Gasteiger partial charge on any atom is -0.369 e. The number of alkyl halides is 3. The van der Waals surface area contributed by atoms with Crippen LogP contribution in [0, 0.1) is 5.82 Å². The molecule has 2 aromatic rings. The van der Waals surface area contributed by atoms with E-state index in [9.17, 15) is 17.6 Å². The van der Waals surface area contributed by atoms with E-state index in [0.717, 1.165) is 37.8 Å². The van der Waals surface area contributed by atoms with Gasteiger partial charge in [0.25, 0.3) is 0 Å². The van der Waals surface area contributed by atoms with Gasteiger partial charge in [0.1, 0.15) is 11.6 Å². The van der Waals surface area contributed by atoms with Gasteiger partial charge in [0.05, 0.1) is 5.52 Å². The molecule has 0 unspecified atom stereocenters. The molecule has 0 saturated carbocycles. The Balaban J connectivity index is 2.30. The quantitative estimate of drug-likeness (QED) is 0.616. The van der Waals surface area contributed by atoms with Crippen LogP contribution in [-0.2, 0) is 6.18 Å². The first-order valence-electron chi connectivity index (χ1n) is 7.20. The van der Waals surface area contributed by atoms with Gasteiger partial charge in [-0.3, -0.25) is 0 Å². The Bertz CT molecular complexity index is 640. The second-order valence-corrected chi connectivity index (χ2v) is 5.04. The Labute approximate surface area is 125 Å². The monoisotopic (exact) mass is 315 g/mol. The van der Waals surface area contributed by atoms with Crippen LogP contribution in [0.15, 0.2) is 18.2 Å². The molecule has 0 amide bonds. The lowest BCUT2D eigenvalue weighted by atomic mass is 10.2. The second-order valence-electron chi connectivity index (χ2n) is 5.04. The van der Waals surface area contributed by atoms with Gasteiger partial charge in [-0.25, -0.2) is 14.4 Å². The number of anilines is 1. The van der Waals surface area contributed by atoms with Crippen LogP contribution < -0.4 is 5.32 Å². The molecule has 0 atom stereocenters. The molecule has 3 nitrogen and oxygen atoms in total. The van der Waals surface area contributed by atoms with Gasteiger partial charge in [0, 0.05) is 11.9 Å². The Morgan fingerprint density at radius 3 is 2.55 bits per heavy atom. The highest BCUT2D eigenvalue weighted by molar-refractivity contribution is 5.89. The zero-order valence-corrected chi connectivity index (χ0v) is 12.2. The first-order chi connectivity index (χ1) is 10.4. The van der Waals surface area contributed by atoms with E-state index >= 15 is 0 Å². The summed E-state index contributed by atoms with van der Waals surface area (Å²) in [5.74, 6) is -1.74. The van der Waals surface area contributed by atoms with Crippen molar-refractivity contribution in [2.24, 2.45) is 0 Å². The van der Waals surface area contributed by atoms with Crippen molar-refractivity contribution >= 4 is 16.7 Å². The molecule has 0 aliphatic rings. The van der Waals surface area contributed by atoms with Crippen molar-refractivity contribution < 1.29 is 17.6 Å². The van der Waals surface area contributed by atoms with Crippen LogP contribution in [0.4, 0.5) is 23.4 Å². The fourth-order valence-electron chi connectivity index (χ4n) is 2.12. The lowest BCUT2D eigenvalue weighted by Gasteiger charge is -2.12. The molecule has 0 fully saturated rings. The van der Waals surface area contributed by atoms with E-state index in [-0.39, 0.29) is 16.7 Å². The largest absolute Gasteiger partial charge is 0.451 e. The highest BCUT2D eigenvalue weighted by atomic mass is 19.4. The molecule has 120 valence electrons. The molecular formula is C15H17F4N3. The van der Waals surface area contributed by atoms with Gasteiger partial charge in [-0.05, 0) is 24.6 Å². The Morgan fingerprint density at radius 1 is 1.09 bits per heavy atom. The summed E-state index contributed by atoms with van der Waals surface area (Å²) >= 11 is 0. The van der Waals surface area contributed by atoms with Crippen LogP contribution >= 0.6 is 0 Å². The van der Waals surface area contributed by atoms with Crippen molar-refractivity contribution in [3.8, 4) is 0 Å². The molecule has 1 N–H and O–H groups in total. The molecule has 0 radical (unpaired) electrons. The molecule has 22 heavy (non-hydrogen) atoms. The number of unbranched alkanes of at least 4 members (excludes halogenated alkanes) is 3. The van der Waals surface area contributed by atoms with Gasteiger partial charge in [0.2, 0.25) is 5.82 Å². The summed E-state index contributed by atoms with van der Waals surface area (Å²) in [4.78, 5) is 6.98. The maximum absolute atomic E-state index is 13.3. The number of nitrogens with zero attached hydrogens (tertiary/aromatic N) is 2. The van der Waals surface area contributed by atoms with Crippen molar-refractivity contribution in [3.05, 3.63) is 29.8 Å². The predicted molar refractivity (Wildman–Crippen MR) is 77.1 cm³/mol. The lowest BCUT2D eigenvalue weighted by molar-refractivity contribution is -0.144. The van der Waals surface area contributed by atoms with E-state index in [1.807, 2.05) is 0 Å². The normalized spacial score (nSPS) is 11.9. The van der Waals surface area contributed by atoms with Gasteiger partial charge in [-0.15, -0.1) is 0 Å². The fraction of sp³-hybridized carbons (Fsp3) is 0.467. The number of hydrogen-bond donors (Lipinski definition) is 1. The topological polar surface area (TPSA) is 37.8 Å². The summed E-state index contributed by atoms with van der Waals surface area (Å²) in [6, 6.07) is 3.45. The molecule has 0 aliphatic heterocycles. The van der Waals surface area contributed by atoms with Crippen LogP contribution in [0.3, 0.4) is 0 Å². The zero-order valence-electron chi connectivity index (χ0n) is 12.2. The average Bonchev–Trinajstić information content (AvgIpc) is 2.46. The summed E-state index contributed by atoms with van der Waals surface area (Å²) < 4.78 is 51.8. The third-order valence-corrected chi connectivity index (χ3v) is 3.23. The van der Waals surface area contributed by atoms with Crippen LogP contribution in [-0.4, -0.2) is 16.5 Å². The first-order valence-corrected chi connectivity index (χ1v) is 7.20. The Morgan fingerprint density at radius 2 is 1.86 bits per heavy atom. The summed E-state index contributed by atoms with van der Waals surface area (Å²) in [6.07, 6.45) is -0.710. The smallest absolute Gasteiger partial charge is 0.369 e. The van der Waals surface area contributed by atoms with Crippen molar-refractivity contribution in [3.63, 3.8) is 0 Å². The third kappa shape index (κ3) is 4.05. The number of nitrogens with one attached hydrogen (secondary N) is 1. The molecule has 2 rings (SSSR count). The third-order valence-electron chi connectivity index (χ3n) is 3.23. The summed E-state index contributed by atoms with van der Waals surface area (Å²) in [7, 11) is 0. The van der Waals surface area contributed by atoms with Crippen LogP contribution in [0.2, 0.25) is 0 Å². The number of aromatic nitrogens is 2. The molecule has 0 bridgehead atoms. The molecule has 1 heterocycles. The van der Waals surface area contributed by atoms with Gasteiger partial charge < -0.3 is 5.32 Å². The summed E-state index contributed by atoms with van der Waals surface area (Å²) in [6.45, 7) is 2.56. The number of fused-ring (bicyclic) bond motifs is 1. The number of halogens is 4. The van der Waals surface area contributed by atoms with Crippen LogP contribution in [0.1, 0.15) is 38.4 Å². The van der Waals surface area contributed by atoms with E-state index in [1.54, 1.807) is 0 Å². The maximum atomic E-state index is 13.3. The molecule has 0 aliphatic carbocycles. The number of rotatable bonds is 6. The lowest BCUT2D eigenvalue weighted by Crippen LogP contribution is -2.14. The Kier molecular flexibility index (Phi) is 5.15. The van der Waals surface area contributed by atoms with Crippen molar-refractivity contribution in [2.45, 2.75) is 38.8 Å². The maximum Gasteiger partial charge on any atom is 0.451 e. The van der Waals surface area contributed by atoms with E-state index in [2.05, 4.69) is 22.2 Å². The van der Waals surface area contributed by atoms with E-state index in [0.29, 0.717) is 6.54 Å². The summed E-state index contributed by atoms with van der Waals surface area (Å²) in [5, 5.41) is 3.12. The SMILES string of the molecule is CCCCCCNc1nc(C(F)(F)F)nc2ccc(F)cc12. The first kappa shape index (κ1) is 16.5. The minimum atomic E-state index is -4.64. The molecule has 0 saturated heterocycles. The number of hydrogen-bond acceptors (Lipinski definition) is 3. The van der Waals surface area contributed by atoms with Crippen molar-refractivity contribution in [1.82, 2.24) is 9.97 Å². The highest BCUT2D eigenvalue weighted by Crippen LogP contribution is 2.30. The summed E-state index contributed by atoms with van der Waals surface area (Å²) in [5.41, 5.74) is 0.0692. The fourth-order valence-corrected chi connectivity index (χ4v) is 2.12. The van der Waals surface area contributed by atoms with Crippen LogP contribution in [0.25, 0.3) is 10.9 Å². The predicted octanol–water partition coefficient (Wildman–Crippen LogP) is 4.78. The average molecular weight is 315 g/mol. The number of benzene rings is 1. The highest BCUT2D eigenvalue weighted by Gasteiger charge is 2.35. The minimum absolute atomic E-state index is 0.0216. The van der Waals surface area contributed by atoms with Crippen molar-refractivity contribution in [1.29, 1.82) is 0 Å². The molecule has 1 aromatic heterocycles. The van der Waals surface area contributed by atoms with Crippen molar-refractivity contribution in [2.75, 3.05) is 11.9 Å². The van der Waals surface area contributed by atoms with Gasteiger partial charge >= 0.3 is 6.18 Å². The molecule has 0 spiro atoms. The van der Waals surface area contributed by atoms with E-state index in [1.165, 1.54) is 6.07 Å². The van der Waals surface area contributed by atoms with Gasteiger partial charge in [0.15, 0.2) is 0 Å². The standard InChI is InChI=1S/C15H17F4N3/c1-2-3-4-5-8-20-13-11-9-10(16)6-7-12(11)21-14(22-13)15(17,18)19/h6-7,9H,2-5,8H2,1H3,(H,20,21,22). The van der Waals surface area contributed by atoms with Crippen LogP contribution in [0.5, 0.6) is 0 Å².